The van der Waals surface area contributed by atoms with Gasteiger partial charge in [0.05, 0.1) is 24.7 Å². The van der Waals surface area contributed by atoms with Gasteiger partial charge in [-0.05, 0) is 57.2 Å². The Morgan fingerprint density at radius 2 is 2.00 bits per heavy atom. The van der Waals surface area contributed by atoms with Gasteiger partial charge in [0.2, 0.25) is 0 Å². The van der Waals surface area contributed by atoms with E-state index in [2.05, 4.69) is 5.32 Å². The molecule has 1 heterocycles. The molecule has 3 rings (SSSR count). The molecule has 7 heteroatoms. The number of rotatable bonds is 7. The van der Waals surface area contributed by atoms with Gasteiger partial charge in [-0.15, -0.1) is 0 Å². The van der Waals surface area contributed by atoms with E-state index in [1.165, 1.54) is 0 Å². The molecule has 154 valence electrons. The lowest BCUT2D eigenvalue weighted by Crippen LogP contribution is -2.42. The van der Waals surface area contributed by atoms with Gasteiger partial charge in [-0.2, -0.15) is 0 Å². The van der Waals surface area contributed by atoms with Crippen LogP contribution in [0.2, 0.25) is 0 Å². The molecule has 2 fully saturated rings. The van der Waals surface area contributed by atoms with Crippen LogP contribution in [-0.2, 0) is 4.79 Å². The van der Waals surface area contributed by atoms with Gasteiger partial charge >= 0.3 is 12.0 Å². The lowest BCUT2D eigenvalue weighted by atomic mass is 9.81. The number of nitrogens with one attached hydrogen (secondary N) is 1. The van der Waals surface area contributed by atoms with Crippen molar-refractivity contribution in [3.8, 4) is 11.5 Å². The number of amides is 2. The third kappa shape index (κ3) is 3.75. The summed E-state index contributed by atoms with van der Waals surface area (Å²) in [6.07, 6.45) is 2.46. The highest BCUT2D eigenvalue weighted by molar-refractivity contribution is 5.80. The summed E-state index contributed by atoms with van der Waals surface area (Å²) in [7, 11) is 0. The Bertz CT molecular complexity index is 738. The van der Waals surface area contributed by atoms with Crippen LogP contribution in [0.3, 0.4) is 0 Å². The van der Waals surface area contributed by atoms with E-state index in [1.54, 1.807) is 4.90 Å². The summed E-state index contributed by atoms with van der Waals surface area (Å²) in [5.74, 6) is 0.623. The van der Waals surface area contributed by atoms with Gasteiger partial charge in [-0.1, -0.05) is 12.5 Å². The minimum Gasteiger partial charge on any atom is -0.490 e. The molecule has 1 unspecified atom stereocenters. The number of carboxylic acid groups (broad SMARTS) is 1. The molecule has 1 saturated carbocycles. The van der Waals surface area contributed by atoms with E-state index in [-0.39, 0.29) is 18.0 Å². The fourth-order valence-electron chi connectivity index (χ4n) is 4.49. The zero-order valence-electron chi connectivity index (χ0n) is 16.9. The number of ether oxygens (including phenoxy) is 2. The number of carbonyl (C=O) groups excluding carboxylic acids is 1. The normalized spacial score (nSPS) is 24.5. The van der Waals surface area contributed by atoms with Crippen LogP contribution in [0.4, 0.5) is 4.79 Å². The van der Waals surface area contributed by atoms with Crippen molar-refractivity contribution in [1.29, 1.82) is 0 Å². The fraction of sp³-hybridized carbons (Fsp3) is 0.619. The van der Waals surface area contributed by atoms with Crippen LogP contribution >= 0.6 is 0 Å². The Hall–Kier alpha value is -2.44. The highest BCUT2D eigenvalue weighted by Crippen LogP contribution is 2.48. The van der Waals surface area contributed by atoms with Crippen molar-refractivity contribution in [3.05, 3.63) is 23.8 Å². The summed E-state index contributed by atoms with van der Waals surface area (Å²) in [5, 5.41) is 12.7. The van der Waals surface area contributed by atoms with Crippen LogP contribution in [0.15, 0.2) is 18.2 Å². The zero-order valence-corrected chi connectivity index (χ0v) is 16.9. The Labute approximate surface area is 166 Å². The van der Waals surface area contributed by atoms with Crippen LogP contribution in [0.1, 0.15) is 51.6 Å². The summed E-state index contributed by atoms with van der Waals surface area (Å²) in [6, 6.07) is 5.21. The number of aliphatic carboxylic acids is 1. The van der Waals surface area contributed by atoms with E-state index in [9.17, 15) is 14.7 Å². The number of benzene rings is 1. The second-order valence-electron chi connectivity index (χ2n) is 7.67. The van der Waals surface area contributed by atoms with E-state index >= 15 is 0 Å². The zero-order chi connectivity index (χ0) is 20.3. The molecule has 1 aliphatic carbocycles. The first kappa shape index (κ1) is 20.3. The third-order valence-electron chi connectivity index (χ3n) is 5.99. The molecule has 2 aliphatic rings. The van der Waals surface area contributed by atoms with Gasteiger partial charge in [0.15, 0.2) is 11.5 Å². The number of carboxylic acids is 1. The van der Waals surface area contributed by atoms with Crippen molar-refractivity contribution in [1.82, 2.24) is 10.2 Å². The molecule has 0 spiro atoms. The van der Waals surface area contributed by atoms with Gasteiger partial charge in [0, 0.05) is 13.1 Å². The number of hydrogen-bond acceptors (Lipinski definition) is 4. The molecule has 1 aliphatic heterocycles. The number of nitrogens with zero attached hydrogens (tertiary/aromatic N) is 1. The summed E-state index contributed by atoms with van der Waals surface area (Å²) in [6.45, 7) is 7.62. The molecule has 2 amide bonds. The van der Waals surface area contributed by atoms with Crippen molar-refractivity contribution >= 4 is 12.0 Å². The number of likely N-dealkylation sites (tertiary alicyclic amines) is 1. The van der Waals surface area contributed by atoms with Crippen molar-refractivity contribution < 1.29 is 24.2 Å². The third-order valence-corrected chi connectivity index (χ3v) is 5.99. The number of urea groups is 1. The SMILES string of the molecule is CCOc1ccc(C(C)NC(=O)N2C[C@@H]3CCC[C@@]3(C(=O)O)C2)cc1OCC. The molecular formula is C21H30N2O5. The minimum absolute atomic E-state index is 0.0566. The molecule has 7 nitrogen and oxygen atoms in total. The second kappa shape index (κ2) is 8.29. The van der Waals surface area contributed by atoms with Crippen LogP contribution in [-0.4, -0.2) is 48.3 Å². The van der Waals surface area contributed by atoms with Crippen LogP contribution in [0.5, 0.6) is 11.5 Å². The average molecular weight is 390 g/mol. The van der Waals surface area contributed by atoms with Gasteiger partial charge in [-0.25, -0.2) is 4.79 Å². The van der Waals surface area contributed by atoms with Gasteiger partial charge in [0.1, 0.15) is 0 Å². The lowest BCUT2D eigenvalue weighted by molar-refractivity contribution is -0.149. The molecule has 0 aromatic heterocycles. The largest absolute Gasteiger partial charge is 0.490 e. The van der Waals surface area contributed by atoms with E-state index in [1.807, 2.05) is 39.0 Å². The van der Waals surface area contributed by atoms with Crippen LogP contribution < -0.4 is 14.8 Å². The van der Waals surface area contributed by atoms with Crippen molar-refractivity contribution in [3.63, 3.8) is 0 Å². The molecule has 2 N–H and O–H groups in total. The quantitative estimate of drug-likeness (QED) is 0.745. The second-order valence-corrected chi connectivity index (χ2v) is 7.67. The molecule has 1 saturated heterocycles. The Morgan fingerprint density at radius 1 is 1.29 bits per heavy atom. The Kier molecular flexibility index (Phi) is 6.01. The Balaban J connectivity index is 1.68. The maximum atomic E-state index is 12.8. The summed E-state index contributed by atoms with van der Waals surface area (Å²) in [4.78, 5) is 26.2. The molecule has 28 heavy (non-hydrogen) atoms. The topological polar surface area (TPSA) is 88.1 Å². The first-order valence-electron chi connectivity index (χ1n) is 10.1. The van der Waals surface area contributed by atoms with E-state index in [0.717, 1.165) is 18.4 Å². The standard InChI is InChI=1S/C21H30N2O5/c1-4-27-17-9-8-15(11-18(17)28-5-2)14(3)22-20(26)23-12-16-7-6-10-21(16,13-23)19(24)25/h8-9,11,14,16H,4-7,10,12-13H2,1-3H3,(H,22,26)(H,24,25)/t14?,16-,21+/m0/s1. The molecule has 0 bridgehead atoms. The maximum absolute atomic E-state index is 12.8. The molecule has 1 aromatic rings. The average Bonchev–Trinajstić information content (AvgIpc) is 3.22. The Morgan fingerprint density at radius 3 is 2.64 bits per heavy atom. The summed E-state index contributed by atoms with van der Waals surface area (Å²) in [5.41, 5.74) is 0.148. The van der Waals surface area contributed by atoms with Crippen molar-refractivity contribution in [2.24, 2.45) is 11.3 Å². The number of carbonyl (C=O) groups is 2. The maximum Gasteiger partial charge on any atom is 0.317 e. The number of fused-ring (bicyclic) bond motifs is 1. The predicted octanol–water partition coefficient (Wildman–Crippen LogP) is 3.44. The molecule has 3 atom stereocenters. The van der Waals surface area contributed by atoms with Gasteiger partial charge in [0.25, 0.3) is 0 Å². The number of hydrogen-bond donors (Lipinski definition) is 2. The highest BCUT2D eigenvalue weighted by Gasteiger charge is 2.55. The summed E-state index contributed by atoms with van der Waals surface area (Å²) >= 11 is 0. The molecule has 0 radical (unpaired) electrons. The summed E-state index contributed by atoms with van der Waals surface area (Å²) < 4.78 is 11.2. The smallest absolute Gasteiger partial charge is 0.317 e. The highest BCUT2D eigenvalue weighted by atomic mass is 16.5. The van der Waals surface area contributed by atoms with Gasteiger partial charge in [-0.3, -0.25) is 4.79 Å². The van der Waals surface area contributed by atoms with Crippen molar-refractivity contribution in [2.75, 3.05) is 26.3 Å². The predicted molar refractivity (Wildman–Crippen MR) is 105 cm³/mol. The van der Waals surface area contributed by atoms with E-state index < -0.39 is 11.4 Å². The first-order chi connectivity index (χ1) is 13.4. The van der Waals surface area contributed by atoms with E-state index in [0.29, 0.717) is 44.2 Å². The first-order valence-corrected chi connectivity index (χ1v) is 10.1. The lowest BCUT2D eigenvalue weighted by Gasteiger charge is -2.25. The monoisotopic (exact) mass is 390 g/mol. The van der Waals surface area contributed by atoms with Crippen LogP contribution in [0.25, 0.3) is 0 Å². The molecular weight excluding hydrogens is 360 g/mol. The molecule has 1 aromatic carbocycles. The minimum atomic E-state index is -0.772. The van der Waals surface area contributed by atoms with E-state index in [4.69, 9.17) is 9.47 Å². The fourth-order valence-corrected chi connectivity index (χ4v) is 4.49. The van der Waals surface area contributed by atoms with Gasteiger partial charge < -0.3 is 24.8 Å². The van der Waals surface area contributed by atoms with Crippen LogP contribution in [0, 0.1) is 11.3 Å². The van der Waals surface area contributed by atoms with Crippen molar-refractivity contribution in [2.45, 2.75) is 46.1 Å².